The van der Waals surface area contributed by atoms with E-state index in [2.05, 4.69) is 71.1 Å². The molecule has 0 amide bonds. The van der Waals surface area contributed by atoms with Gasteiger partial charge in [0.15, 0.2) is 0 Å². The van der Waals surface area contributed by atoms with Gasteiger partial charge in [-0.2, -0.15) is 0 Å². The fourth-order valence-electron chi connectivity index (χ4n) is 4.27. The summed E-state index contributed by atoms with van der Waals surface area (Å²) < 4.78 is 0.878. The number of halogens is 1. The van der Waals surface area contributed by atoms with Gasteiger partial charge in [0.1, 0.15) is 0 Å². The van der Waals surface area contributed by atoms with E-state index in [9.17, 15) is 9.90 Å². The molecule has 0 aliphatic heterocycles. The van der Waals surface area contributed by atoms with E-state index >= 15 is 0 Å². The Bertz CT molecular complexity index is 1230. The lowest BCUT2D eigenvalue weighted by Gasteiger charge is -2.22. The van der Waals surface area contributed by atoms with Crippen LogP contribution in [0.25, 0.3) is 34.1 Å². The largest absolute Gasteiger partial charge is 0.478 e. The van der Waals surface area contributed by atoms with Crippen LogP contribution in [-0.4, -0.2) is 24.2 Å². The number of aromatic carboxylic acids is 1. The molecule has 1 aliphatic rings. The fraction of sp³-hybridized carbons (Fsp3) is 0.240. The Hall–Kier alpha value is -2.59. The Kier molecular flexibility index (Phi) is 5.46. The molecule has 0 saturated heterocycles. The molecule has 0 bridgehead atoms. The van der Waals surface area contributed by atoms with Gasteiger partial charge in [0.2, 0.25) is 0 Å². The van der Waals surface area contributed by atoms with Crippen LogP contribution in [0.2, 0.25) is 0 Å². The molecule has 0 saturated carbocycles. The summed E-state index contributed by atoms with van der Waals surface area (Å²) in [4.78, 5) is 14.3. The highest BCUT2D eigenvalue weighted by atomic mass is 79.9. The molecule has 1 aliphatic carbocycles. The van der Waals surface area contributed by atoms with Gasteiger partial charge in [-0.1, -0.05) is 34.1 Å². The molecule has 3 aromatic carbocycles. The van der Waals surface area contributed by atoms with Crippen molar-refractivity contribution in [3.63, 3.8) is 0 Å². The van der Waals surface area contributed by atoms with E-state index in [0.29, 0.717) is 5.56 Å². The molecule has 0 spiro atoms. The molecule has 1 N–H and O–H groups in total. The summed E-state index contributed by atoms with van der Waals surface area (Å²) >= 11 is 3.53. The smallest absolute Gasteiger partial charge is 0.336 e. The third-order valence-corrected chi connectivity index (χ3v) is 6.18. The van der Waals surface area contributed by atoms with Crippen molar-refractivity contribution in [2.75, 3.05) is 18.0 Å². The van der Waals surface area contributed by atoms with Crippen LogP contribution in [-0.2, 0) is 0 Å². The lowest BCUT2D eigenvalue weighted by molar-refractivity contribution is 0.0697. The molecule has 29 heavy (non-hydrogen) atoms. The quantitative estimate of drug-likeness (QED) is 0.583. The number of carboxylic acids is 1. The summed E-state index contributed by atoms with van der Waals surface area (Å²) in [6, 6.07) is 14.2. The SMILES string of the molecule is CCN(CC)c1ccc2c(-c3cc(Br)ccc3C(=O)O)c3c(cc2c1)=CCCC=3. The summed E-state index contributed by atoms with van der Waals surface area (Å²) in [5, 5.41) is 14.4. The van der Waals surface area contributed by atoms with Crippen LogP contribution < -0.4 is 15.3 Å². The number of anilines is 1. The Morgan fingerprint density at radius 3 is 2.52 bits per heavy atom. The number of benzene rings is 3. The molecular formula is C25H24BrNO2. The summed E-state index contributed by atoms with van der Waals surface area (Å²) in [5.74, 6) is -0.905. The summed E-state index contributed by atoms with van der Waals surface area (Å²) in [6.07, 6.45) is 6.49. The Morgan fingerprint density at radius 1 is 1.03 bits per heavy atom. The second-order valence-corrected chi connectivity index (χ2v) is 8.23. The highest BCUT2D eigenvalue weighted by molar-refractivity contribution is 9.10. The van der Waals surface area contributed by atoms with Crippen molar-refractivity contribution >= 4 is 50.5 Å². The lowest BCUT2D eigenvalue weighted by atomic mass is 9.89. The maximum atomic E-state index is 12.0. The number of carboxylic acid groups (broad SMARTS) is 1. The molecular weight excluding hydrogens is 426 g/mol. The number of carbonyl (C=O) groups is 1. The standard InChI is InChI=1S/C25H24BrNO2/c1-3-27(4-2)19-10-12-21-17(14-19)13-16-7-5-6-8-20(16)24(21)23-15-18(26)9-11-22(23)25(28)29/h7-15H,3-6H2,1-2H3,(H,28,29). The molecule has 4 rings (SSSR count). The van der Waals surface area contributed by atoms with Gasteiger partial charge < -0.3 is 10.0 Å². The topological polar surface area (TPSA) is 40.5 Å². The van der Waals surface area contributed by atoms with E-state index in [-0.39, 0.29) is 0 Å². The third kappa shape index (κ3) is 3.58. The number of hydrogen-bond donors (Lipinski definition) is 1. The second-order valence-electron chi connectivity index (χ2n) is 7.31. The normalized spacial score (nSPS) is 12.8. The summed E-state index contributed by atoms with van der Waals surface area (Å²) in [5.41, 5.74) is 3.30. The molecule has 3 aromatic rings. The van der Waals surface area contributed by atoms with Crippen LogP contribution in [0.4, 0.5) is 5.69 Å². The van der Waals surface area contributed by atoms with Crippen molar-refractivity contribution < 1.29 is 9.90 Å². The minimum Gasteiger partial charge on any atom is -0.478 e. The lowest BCUT2D eigenvalue weighted by Crippen LogP contribution is -2.29. The average molecular weight is 450 g/mol. The molecule has 0 atom stereocenters. The van der Waals surface area contributed by atoms with Gasteiger partial charge in [-0.25, -0.2) is 4.79 Å². The van der Waals surface area contributed by atoms with E-state index in [1.165, 1.54) is 10.9 Å². The van der Waals surface area contributed by atoms with Crippen molar-refractivity contribution in [1.29, 1.82) is 0 Å². The monoisotopic (exact) mass is 449 g/mol. The minimum absolute atomic E-state index is 0.328. The number of fused-ring (bicyclic) bond motifs is 2. The van der Waals surface area contributed by atoms with Crippen molar-refractivity contribution in [3.05, 3.63) is 62.9 Å². The molecule has 0 heterocycles. The Balaban J connectivity index is 2.12. The van der Waals surface area contributed by atoms with Crippen molar-refractivity contribution in [1.82, 2.24) is 0 Å². The van der Waals surface area contributed by atoms with Crippen molar-refractivity contribution in [3.8, 4) is 11.1 Å². The zero-order valence-electron chi connectivity index (χ0n) is 16.7. The maximum absolute atomic E-state index is 12.0. The van der Waals surface area contributed by atoms with Crippen LogP contribution >= 0.6 is 15.9 Å². The molecule has 3 nitrogen and oxygen atoms in total. The van der Waals surface area contributed by atoms with Crippen molar-refractivity contribution in [2.45, 2.75) is 26.7 Å². The van der Waals surface area contributed by atoms with Crippen LogP contribution in [0.1, 0.15) is 37.0 Å². The summed E-state index contributed by atoms with van der Waals surface area (Å²) in [7, 11) is 0. The first-order valence-electron chi connectivity index (χ1n) is 10.1. The molecule has 0 fully saturated rings. The Labute approximate surface area is 179 Å². The molecule has 148 valence electrons. The van der Waals surface area contributed by atoms with E-state index in [1.807, 2.05) is 6.07 Å². The van der Waals surface area contributed by atoms with Gasteiger partial charge in [-0.15, -0.1) is 0 Å². The average Bonchev–Trinajstić information content (AvgIpc) is 2.72. The van der Waals surface area contributed by atoms with E-state index < -0.39 is 5.97 Å². The zero-order chi connectivity index (χ0) is 20.5. The van der Waals surface area contributed by atoms with Crippen LogP contribution in [0.5, 0.6) is 0 Å². The molecule has 4 heteroatoms. The Morgan fingerprint density at radius 2 is 1.79 bits per heavy atom. The minimum atomic E-state index is -0.905. The molecule has 0 radical (unpaired) electrons. The van der Waals surface area contributed by atoms with Crippen LogP contribution in [0, 0.1) is 0 Å². The predicted molar refractivity (Wildman–Crippen MR) is 125 cm³/mol. The first kappa shape index (κ1) is 19.7. The van der Waals surface area contributed by atoms with Gasteiger partial charge in [0.25, 0.3) is 0 Å². The van der Waals surface area contributed by atoms with E-state index in [1.54, 1.807) is 12.1 Å². The first-order valence-corrected chi connectivity index (χ1v) is 10.9. The van der Waals surface area contributed by atoms with E-state index in [0.717, 1.165) is 57.5 Å². The van der Waals surface area contributed by atoms with Gasteiger partial charge in [-0.05, 0) is 95.4 Å². The third-order valence-electron chi connectivity index (χ3n) is 5.69. The van der Waals surface area contributed by atoms with Gasteiger partial charge in [-0.3, -0.25) is 0 Å². The van der Waals surface area contributed by atoms with Gasteiger partial charge >= 0.3 is 5.97 Å². The zero-order valence-corrected chi connectivity index (χ0v) is 18.3. The number of nitrogens with zero attached hydrogens (tertiary/aromatic N) is 1. The van der Waals surface area contributed by atoms with E-state index in [4.69, 9.17) is 0 Å². The number of hydrogen-bond acceptors (Lipinski definition) is 2. The van der Waals surface area contributed by atoms with Crippen LogP contribution in [0.3, 0.4) is 0 Å². The van der Waals surface area contributed by atoms with Crippen molar-refractivity contribution in [2.24, 2.45) is 0 Å². The maximum Gasteiger partial charge on any atom is 0.336 e. The highest BCUT2D eigenvalue weighted by Crippen LogP contribution is 2.32. The second kappa shape index (κ2) is 8.03. The predicted octanol–water partition coefficient (Wildman–Crippen LogP) is 5.17. The molecule has 0 aromatic heterocycles. The van der Waals surface area contributed by atoms with Gasteiger partial charge in [0.05, 0.1) is 5.56 Å². The number of rotatable bonds is 5. The first-order chi connectivity index (χ1) is 14.0. The fourth-order valence-corrected chi connectivity index (χ4v) is 4.63. The highest BCUT2D eigenvalue weighted by Gasteiger charge is 2.17. The molecule has 0 unspecified atom stereocenters. The summed E-state index contributed by atoms with van der Waals surface area (Å²) in [6.45, 7) is 6.23. The van der Waals surface area contributed by atoms with Crippen LogP contribution in [0.15, 0.2) is 46.9 Å². The van der Waals surface area contributed by atoms with Gasteiger partial charge in [0, 0.05) is 23.2 Å².